The number of fused-ring (bicyclic) bond motifs is 2. The van der Waals surface area contributed by atoms with Gasteiger partial charge in [-0.1, -0.05) is 119 Å². The lowest BCUT2D eigenvalue weighted by Crippen LogP contribution is -2.28. The standard InChI is InChI=1S/C35H40/c1-21(2)26-18-27(22(3)4)20-28(19-26)29-12-10-13-30-32(29)17-24(6)34(30)35(7,8)33-14-9-11-25-15-23(5)16-31(25)33/h9-14,16-22,34H,15H2,1-8H3. The molecule has 0 bridgehead atoms. The van der Waals surface area contributed by atoms with Crippen molar-refractivity contribution in [3.8, 4) is 11.1 Å². The fourth-order valence-electron chi connectivity index (χ4n) is 6.51. The van der Waals surface area contributed by atoms with Gasteiger partial charge in [0.2, 0.25) is 0 Å². The third-order valence-electron chi connectivity index (χ3n) is 8.37. The van der Waals surface area contributed by atoms with Gasteiger partial charge in [-0.05, 0) is 82.2 Å². The number of allylic oxidation sites excluding steroid dienone is 2. The summed E-state index contributed by atoms with van der Waals surface area (Å²) in [7, 11) is 0. The highest BCUT2D eigenvalue weighted by molar-refractivity contribution is 5.83. The van der Waals surface area contributed by atoms with Gasteiger partial charge >= 0.3 is 0 Å². The zero-order chi connectivity index (χ0) is 25.1. The van der Waals surface area contributed by atoms with Gasteiger partial charge in [0, 0.05) is 11.3 Å². The molecule has 0 nitrogen and oxygen atoms in total. The molecule has 0 radical (unpaired) electrons. The number of hydrogen-bond donors (Lipinski definition) is 0. The van der Waals surface area contributed by atoms with Crippen LogP contribution in [0.15, 0.2) is 65.7 Å². The van der Waals surface area contributed by atoms with Crippen molar-refractivity contribution < 1.29 is 0 Å². The fourth-order valence-corrected chi connectivity index (χ4v) is 6.51. The molecule has 1 atom stereocenters. The highest BCUT2D eigenvalue weighted by Gasteiger charge is 2.39. The molecule has 0 saturated carbocycles. The zero-order valence-corrected chi connectivity index (χ0v) is 22.8. The molecule has 0 saturated heterocycles. The van der Waals surface area contributed by atoms with Crippen LogP contribution in [0.1, 0.15) is 112 Å². The Morgan fingerprint density at radius 3 is 2.09 bits per heavy atom. The van der Waals surface area contributed by atoms with Gasteiger partial charge in [0.25, 0.3) is 0 Å². The topological polar surface area (TPSA) is 0 Å². The minimum atomic E-state index is -0.000205. The molecule has 0 heterocycles. The first-order valence-electron chi connectivity index (χ1n) is 13.3. The van der Waals surface area contributed by atoms with Crippen LogP contribution >= 0.6 is 0 Å². The zero-order valence-electron chi connectivity index (χ0n) is 22.8. The maximum Gasteiger partial charge on any atom is 0.0147 e. The van der Waals surface area contributed by atoms with Gasteiger partial charge in [-0.25, -0.2) is 0 Å². The second-order valence-electron chi connectivity index (χ2n) is 12.1. The summed E-state index contributed by atoms with van der Waals surface area (Å²) in [5, 5.41) is 0. The first kappa shape index (κ1) is 23.9. The van der Waals surface area contributed by atoms with Crippen LogP contribution in [0, 0.1) is 0 Å². The lowest BCUT2D eigenvalue weighted by atomic mass is 9.67. The van der Waals surface area contributed by atoms with E-state index in [0.717, 1.165) is 6.42 Å². The summed E-state index contributed by atoms with van der Waals surface area (Å²) in [6, 6.07) is 21.2. The van der Waals surface area contributed by atoms with Gasteiger partial charge in [-0.2, -0.15) is 0 Å². The predicted molar refractivity (Wildman–Crippen MR) is 153 cm³/mol. The first-order valence-corrected chi connectivity index (χ1v) is 13.3. The van der Waals surface area contributed by atoms with Crippen molar-refractivity contribution in [1.29, 1.82) is 0 Å². The third-order valence-corrected chi connectivity index (χ3v) is 8.37. The Morgan fingerprint density at radius 2 is 1.43 bits per heavy atom. The summed E-state index contributed by atoms with van der Waals surface area (Å²) < 4.78 is 0. The van der Waals surface area contributed by atoms with Crippen molar-refractivity contribution in [1.82, 2.24) is 0 Å². The van der Waals surface area contributed by atoms with E-state index in [1.54, 1.807) is 0 Å². The van der Waals surface area contributed by atoms with E-state index >= 15 is 0 Å². The third kappa shape index (κ3) is 4.02. The van der Waals surface area contributed by atoms with Crippen LogP contribution < -0.4 is 0 Å². The van der Waals surface area contributed by atoms with Crippen LogP contribution in [0.2, 0.25) is 0 Å². The first-order chi connectivity index (χ1) is 16.6. The second kappa shape index (κ2) is 8.66. The molecule has 0 aromatic heterocycles. The van der Waals surface area contributed by atoms with E-state index in [9.17, 15) is 0 Å². The molecule has 35 heavy (non-hydrogen) atoms. The lowest BCUT2D eigenvalue weighted by molar-refractivity contribution is 0.458. The minimum absolute atomic E-state index is 0.000205. The fraction of sp³-hybridized carbons (Fsp3) is 0.371. The summed E-state index contributed by atoms with van der Waals surface area (Å²) in [5.74, 6) is 1.41. The molecule has 3 aromatic carbocycles. The van der Waals surface area contributed by atoms with E-state index in [4.69, 9.17) is 0 Å². The quantitative estimate of drug-likeness (QED) is 0.355. The maximum atomic E-state index is 2.47. The Bertz CT molecular complexity index is 1330. The summed E-state index contributed by atoms with van der Waals surface area (Å²) in [6.07, 6.45) is 5.98. The Balaban J connectivity index is 1.65. The summed E-state index contributed by atoms with van der Waals surface area (Å²) >= 11 is 0. The molecular weight excluding hydrogens is 420 g/mol. The van der Waals surface area contributed by atoms with E-state index in [-0.39, 0.29) is 5.41 Å². The van der Waals surface area contributed by atoms with Gasteiger partial charge in [-0.3, -0.25) is 0 Å². The highest BCUT2D eigenvalue weighted by Crippen LogP contribution is 2.52. The highest BCUT2D eigenvalue weighted by atomic mass is 14.4. The number of rotatable bonds is 5. The molecule has 5 rings (SSSR count). The van der Waals surface area contributed by atoms with Crippen LogP contribution in [0.4, 0.5) is 0 Å². The second-order valence-corrected chi connectivity index (χ2v) is 12.1. The summed E-state index contributed by atoms with van der Waals surface area (Å²) in [5.41, 5.74) is 15.8. The SMILES string of the molecule is CC1=Cc2c(cccc2C(C)(C)C2C(C)=Cc3c(-c4cc(C(C)C)cc(C(C)C)c4)cccc32)C1. The van der Waals surface area contributed by atoms with Crippen LogP contribution in [0.3, 0.4) is 0 Å². The Kier molecular flexibility index (Phi) is 5.91. The molecule has 2 aliphatic carbocycles. The maximum absolute atomic E-state index is 2.47. The van der Waals surface area contributed by atoms with Crippen molar-refractivity contribution in [3.63, 3.8) is 0 Å². The largest absolute Gasteiger partial charge is 0.0683 e. The summed E-state index contributed by atoms with van der Waals surface area (Å²) in [4.78, 5) is 0. The minimum Gasteiger partial charge on any atom is -0.0683 e. The van der Waals surface area contributed by atoms with Crippen LogP contribution in [-0.4, -0.2) is 0 Å². The molecule has 0 fully saturated rings. The van der Waals surface area contributed by atoms with Gasteiger partial charge in [0.05, 0.1) is 0 Å². The predicted octanol–water partition coefficient (Wildman–Crippen LogP) is 10.0. The van der Waals surface area contributed by atoms with E-state index in [1.807, 2.05) is 0 Å². The molecule has 0 N–H and O–H groups in total. The molecule has 1 unspecified atom stereocenters. The number of hydrogen-bond acceptors (Lipinski definition) is 0. The molecule has 0 heteroatoms. The average molecular weight is 461 g/mol. The molecule has 0 amide bonds. The van der Waals surface area contributed by atoms with Crippen molar-refractivity contribution in [2.24, 2.45) is 0 Å². The molecule has 0 spiro atoms. The molecule has 3 aromatic rings. The lowest BCUT2D eigenvalue weighted by Gasteiger charge is -2.36. The Morgan fingerprint density at radius 1 is 0.771 bits per heavy atom. The molecule has 0 aliphatic heterocycles. The Labute approximate surface area is 212 Å². The monoisotopic (exact) mass is 460 g/mol. The van der Waals surface area contributed by atoms with E-state index in [2.05, 4.69) is 122 Å². The normalized spacial score (nSPS) is 17.0. The van der Waals surface area contributed by atoms with E-state index < -0.39 is 0 Å². The van der Waals surface area contributed by atoms with Crippen LogP contribution in [0.5, 0.6) is 0 Å². The van der Waals surface area contributed by atoms with Gasteiger partial charge < -0.3 is 0 Å². The van der Waals surface area contributed by atoms with Crippen molar-refractivity contribution in [2.75, 3.05) is 0 Å². The van der Waals surface area contributed by atoms with Crippen LogP contribution in [0.25, 0.3) is 23.3 Å². The molecule has 180 valence electrons. The molecule has 2 aliphatic rings. The van der Waals surface area contributed by atoms with Crippen molar-refractivity contribution in [3.05, 3.63) is 105 Å². The number of benzene rings is 3. The van der Waals surface area contributed by atoms with E-state index in [0.29, 0.717) is 17.8 Å². The average Bonchev–Trinajstić information content (AvgIpc) is 3.36. The molecular formula is C35H40. The smallest absolute Gasteiger partial charge is 0.0147 e. The van der Waals surface area contributed by atoms with Crippen LogP contribution in [-0.2, 0) is 11.8 Å². The van der Waals surface area contributed by atoms with Crippen molar-refractivity contribution >= 4 is 12.2 Å². The van der Waals surface area contributed by atoms with Gasteiger partial charge in [0.1, 0.15) is 0 Å². The van der Waals surface area contributed by atoms with Crippen molar-refractivity contribution in [2.45, 2.75) is 85.0 Å². The van der Waals surface area contributed by atoms with Gasteiger partial charge in [0.15, 0.2) is 0 Å². The van der Waals surface area contributed by atoms with E-state index in [1.165, 1.54) is 61.2 Å². The summed E-state index contributed by atoms with van der Waals surface area (Å²) in [6.45, 7) is 18.7. The van der Waals surface area contributed by atoms with Gasteiger partial charge in [-0.15, -0.1) is 0 Å². The Hall–Kier alpha value is -2.86.